The molecule has 1 unspecified atom stereocenters. The molecule has 1 heterocycles. The summed E-state index contributed by atoms with van der Waals surface area (Å²) in [7, 11) is 1.31. The molecule has 0 saturated heterocycles. The van der Waals surface area contributed by atoms with Crippen LogP contribution in [0.25, 0.3) is 0 Å². The second-order valence-electron chi connectivity index (χ2n) is 6.84. The first kappa shape index (κ1) is 22.6. The number of carbonyl (C=O) groups excluding carboxylic acids is 1. The second kappa shape index (κ2) is 9.35. The van der Waals surface area contributed by atoms with Gasteiger partial charge in [-0.3, -0.25) is 4.79 Å². The molecule has 0 aliphatic heterocycles. The Bertz CT molecular complexity index is 1070. The molecule has 1 saturated carbocycles. The predicted molar refractivity (Wildman–Crippen MR) is 109 cm³/mol. The van der Waals surface area contributed by atoms with Crippen molar-refractivity contribution in [3.8, 4) is 11.8 Å². The highest BCUT2D eigenvalue weighted by molar-refractivity contribution is 6.34. The van der Waals surface area contributed by atoms with E-state index in [1.807, 2.05) is 0 Å². The molecule has 2 aromatic rings. The van der Waals surface area contributed by atoms with Crippen LogP contribution in [0, 0.1) is 17.8 Å². The number of benzene rings is 1. The minimum absolute atomic E-state index is 0.222. The summed E-state index contributed by atoms with van der Waals surface area (Å²) in [6, 6.07) is 4.23. The Hall–Kier alpha value is -3.12. The molecule has 1 aliphatic rings. The number of rotatable bonds is 5. The van der Waals surface area contributed by atoms with Crippen molar-refractivity contribution >= 4 is 23.2 Å². The monoisotopic (exact) mass is 450 g/mol. The van der Waals surface area contributed by atoms with Crippen LogP contribution in [0.1, 0.15) is 47.1 Å². The van der Waals surface area contributed by atoms with Gasteiger partial charge in [0, 0.05) is 29.4 Å². The van der Waals surface area contributed by atoms with Crippen molar-refractivity contribution in [2.24, 2.45) is 11.1 Å². The molecule has 1 amide bonds. The molecule has 1 aromatic carbocycles. The van der Waals surface area contributed by atoms with Gasteiger partial charge in [0.2, 0.25) is 0 Å². The Labute approximate surface area is 181 Å². The van der Waals surface area contributed by atoms with E-state index in [1.165, 1.54) is 14.0 Å². The van der Waals surface area contributed by atoms with Gasteiger partial charge in [-0.25, -0.2) is 9.97 Å². The van der Waals surface area contributed by atoms with Gasteiger partial charge in [-0.05, 0) is 31.9 Å². The summed E-state index contributed by atoms with van der Waals surface area (Å²) < 4.78 is 39.4. The number of amides is 1. The maximum absolute atomic E-state index is 13.1. The molecule has 1 fully saturated rings. The van der Waals surface area contributed by atoms with Crippen molar-refractivity contribution in [2.75, 3.05) is 7.11 Å². The molecule has 3 rings (SSSR count). The Morgan fingerprint density at radius 1 is 1.32 bits per heavy atom. The molecule has 1 atom stereocenters. The van der Waals surface area contributed by atoms with E-state index < -0.39 is 29.5 Å². The third-order valence-corrected chi connectivity index (χ3v) is 4.68. The van der Waals surface area contributed by atoms with Crippen molar-refractivity contribution in [2.45, 2.75) is 32.0 Å². The van der Waals surface area contributed by atoms with Gasteiger partial charge in [0.25, 0.3) is 5.91 Å². The second-order valence-corrected chi connectivity index (χ2v) is 7.25. The molecule has 0 spiro atoms. The third-order valence-electron chi connectivity index (χ3n) is 4.37. The van der Waals surface area contributed by atoms with Crippen LogP contribution in [0.2, 0.25) is 5.02 Å². The van der Waals surface area contributed by atoms with Crippen LogP contribution in [-0.2, 0) is 11.0 Å². The molecule has 0 radical (unpaired) electrons. The number of carbonyl (C=O) groups is 1. The van der Waals surface area contributed by atoms with Crippen LogP contribution in [0.5, 0.6) is 0 Å². The van der Waals surface area contributed by atoms with Crippen LogP contribution in [0.15, 0.2) is 35.7 Å². The summed E-state index contributed by atoms with van der Waals surface area (Å²) in [5.41, 5.74) is -0.816. The van der Waals surface area contributed by atoms with Crippen molar-refractivity contribution in [3.63, 3.8) is 0 Å². The van der Waals surface area contributed by atoms with Gasteiger partial charge in [-0.1, -0.05) is 34.7 Å². The van der Waals surface area contributed by atoms with E-state index in [0.29, 0.717) is 16.5 Å². The quantitative estimate of drug-likeness (QED) is 0.423. The average molecular weight is 451 g/mol. The van der Waals surface area contributed by atoms with E-state index in [9.17, 15) is 18.0 Å². The number of hydrogen-bond donors (Lipinski definition) is 1. The minimum atomic E-state index is -4.83. The molecule has 1 N–H and O–H groups in total. The topological polar surface area (TPSA) is 76.5 Å². The molecule has 162 valence electrons. The largest absolute Gasteiger partial charge is 0.435 e. The van der Waals surface area contributed by atoms with Crippen molar-refractivity contribution < 1.29 is 22.8 Å². The fraction of sp³-hybridized carbons (Fsp3) is 0.333. The minimum Gasteiger partial charge on any atom is -0.399 e. The zero-order valence-electron chi connectivity index (χ0n) is 16.6. The van der Waals surface area contributed by atoms with Crippen LogP contribution >= 0.6 is 11.6 Å². The van der Waals surface area contributed by atoms with E-state index in [0.717, 1.165) is 30.8 Å². The SMILES string of the molecule is CO/N=C(\c1ccc(C#CC2CC2)cc1Cl)C(C)NC(=O)c1nccnc1C(F)(F)F. The fourth-order valence-corrected chi connectivity index (χ4v) is 3.00. The van der Waals surface area contributed by atoms with Crippen LogP contribution in [0.3, 0.4) is 0 Å². The highest BCUT2D eigenvalue weighted by atomic mass is 35.5. The predicted octanol–water partition coefficient (Wildman–Crippen LogP) is 4.08. The van der Waals surface area contributed by atoms with Gasteiger partial charge in [0.05, 0.1) is 11.1 Å². The average Bonchev–Trinajstić information content (AvgIpc) is 3.55. The molecule has 6 nitrogen and oxygen atoms in total. The molecule has 1 aliphatic carbocycles. The third kappa shape index (κ3) is 5.73. The summed E-state index contributed by atoms with van der Waals surface area (Å²) in [5.74, 6) is 5.56. The van der Waals surface area contributed by atoms with Gasteiger partial charge in [0.15, 0.2) is 11.4 Å². The van der Waals surface area contributed by atoms with Crippen molar-refractivity contribution in [1.82, 2.24) is 15.3 Å². The van der Waals surface area contributed by atoms with Gasteiger partial charge < -0.3 is 10.2 Å². The van der Waals surface area contributed by atoms with Crippen molar-refractivity contribution in [3.05, 3.63) is 58.1 Å². The zero-order chi connectivity index (χ0) is 22.6. The summed E-state index contributed by atoms with van der Waals surface area (Å²) in [4.78, 5) is 24.1. The first-order valence-corrected chi connectivity index (χ1v) is 9.70. The molecular formula is C21H18ClF3N4O2. The lowest BCUT2D eigenvalue weighted by Gasteiger charge is -2.18. The number of nitrogens with one attached hydrogen (secondary N) is 1. The smallest absolute Gasteiger partial charge is 0.399 e. The number of halogens is 4. The molecule has 31 heavy (non-hydrogen) atoms. The number of hydrogen-bond acceptors (Lipinski definition) is 5. The number of aromatic nitrogens is 2. The van der Waals surface area contributed by atoms with E-state index in [4.69, 9.17) is 16.4 Å². The molecule has 1 aromatic heterocycles. The molecule has 10 heteroatoms. The number of oxime groups is 1. The Morgan fingerprint density at radius 2 is 2.03 bits per heavy atom. The Kier molecular flexibility index (Phi) is 6.81. The maximum Gasteiger partial charge on any atom is 0.435 e. The first-order chi connectivity index (χ1) is 14.7. The fourth-order valence-electron chi connectivity index (χ4n) is 2.72. The standard InChI is InChI=1S/C21H18ClF3N4O2/c1-12(28-20(30)18-19(21(23,24)25)27-10-9-26-18)17(29-31-2)15-8-7-14(11-16(15)22)6-5-13-3-4-13/h7-13H,3-4H2,1-2H3,(H,28,30)/b29-17-. The maximum atomic E-state index is 13.1. The van der Waals surface area contributed by atoms with Crippen LogP contribution < -0.4 is 5.32 Å². The van der Waals surface area contributed by atoms with E-state index >= 15 is 0 Å². The van der Waals surface area contributed by atoms with Crippen LogP contribution in [0.4, 0.5) is 13.2 Å². The van der Waals surface area contributed by atoms with E-state index in [1.54, 1.807) is 18.2 Å². The van der Waals surface area contributed by atoms with Gasteiger partial charge >= 0.3 is 6.18 Å². The lowest BCUT2D eigenvalue weighted by atomic mass is 10.0. The van der Waals surface area contributed by atoms with E-state index in [-0.39, 0.29) is 5.71 Å². The summed E-state index contributed by atoms with van der Waals surface area (Å²) in [6.07, 6.45) is -0.745. The van der Waals surface area contributed by atoms with Crippen LogP contribution in [-0.4, -0.2) is 34.7 Å². The van der Waals surface area contributed by atoms with E-state index in [2.05, 4.69) is 32.3 Å². The normalized spacial score (nSPS) is 15.0. The number of nitrogens with zero attached hydrogens (tertiary/aromatic N) is 3. The Morgan fingerprint density at radius 3 is 2.65 bits per heavy atom. The first-order valence-electron chi connectivity index (χ1n) is 9.32. The summed E-state index contributed by atoms with van der Waals surface area (Å²) in [6.45, 7) is 1.54. The zero-order valence-corrected chi connectivity index (χ0v) is 17.4. The van der Waals surface area contributed by atoms with Gasteiger partial charge in [-0.15, -0.1) is 0 Å². The number of alkyl halides is 3. The lowest BCUT2D eigenvalue weighted by molar-refractivity contribution is -0.141. The van der Waals surface area contributed by atoms with Gasteiger partial charge in [0.1, 0.15) is 12.8 Å². The Balaban J connectivity index is 1.84. The molecular weight excluding hydrogens is 433 g/mol. The highest BCUT2D eigenvalue weighted by Crippen LogP contribution is 2.29. The summed E-state index contributed by atoms with van der Waals surface area (Å²) >= 11 is 6.39. The lowest BCUT2D eigenvalue weighted by Crippen LogP contribution is -2.40. The summed E-state index contributed by atoms with van der Waals surface area (Å²) in [5, 5.41) is 6.67. The van der Waals surface area contributed by atoms with Gasteiger partial charge in [-0.2, -0.15) is 13.2 Å². The molecule has 0 bridgehead atoms. The highest BCUT2D eigenvalue weighted by Gasteiger charge is 2.38. The van der Waals surface area contributed by atoms with Crippen molar-refractivity contribution in [1.29, 1.82) is 0 Å².